The largest absolute Gasteiger partial charge is 0.340 e. The molecule has 0 saturated carbocycles. The van der Waals surface area contributed by atoms with E-state index in [-0.39, 0.29) is 28.0 Å². The van der Waals surface area contributed by atoms with Crippen LogP contribution in [0.5, 0.6) is 0 Å². The third-order valence-corrected chi connectivity index (χ3v) is 6.92. The van der Waals surface area contributed by atoms with Crippen LogP contribution in [0.25, 0.3) is 0 Å². The Bertz CT molecular complexity index is 889. The van der Waals surface area contributed by atoms with Gasteiger partial charge in [-0.15, -0.1) is 22.0 Å². The molecule has 1 aromatic heterocycles. The monoisotopic (exact) mass is 421 g/mol. The van der Waals surface area contributed by atoms with Crippen LogP contribution in [-0.4, -0.2) is 60.5 Å². The molecule has 3 heterocycles. The highest BCUT2D eigenvalue weighted by Crippen LogP contribution is 2.56. The Morgan fingerprint density at radius 1 is 1.36 bits per heavy atom. The molecule has 0 spiro atoms. The number of benzene rings is 1. The van der Waals surface area contributed by atoms with Gasteiger partial charge in [-0.1, -0.05) is 28.9 Å². The fraction of sp³-hybridized carbons (Fsp3) is 0.471. The van der Waals surface area contributed by atoms with Crippen molar-refractivity contribution in [3.05, 3.63) is 40.7 Å². The summed E-state index contributed by atoms with van der Waals surface area (Å²) < 4.78 is -0.303. The Morgan fingerprint density at radius 3 is 2.68 bits per heavy atom. The van der Waals surface area contributed by atoms with Crippen molar-refractivity contribution in [2.45, 2.75) is 42.1 Å². The van der Waals surface area contributed by atoms with Crippen LogP contribution in [0, 0.1) is 0 Å². The number of thioether (sulfide) groups is 1. The summed E-state index contributed by atoms with van der Waals surface area (Å²) in [6.45, 7) is 4.07. The molecule has 2 amide bonds. The summed E-state index contributed by atoms with van der Waals surface area (Å²) in [6.07, 6.45) is 0. The van der Waals surface area contributed by atoms with E-state index in [1.165, 1.54) is 0 Å². The van der Waals surface area contributed by atoms with Crippen LogP contribution >= 0.6 is 23.4 Å². The van der Waals surface area contributed by atoms with Crippen LogP contribution in [0.15, 0.2) is 24.3 Å². The molecule has 148 valence electrons. The van der Waals surface area contributed by atoms with Crippen molar-refractivity contribution in [1.29, 1.82) is 0 Å². The van der Waals surface area contributed by atoms with Gasteiger partial charge in [0.05, 0.1) is 0 Å². The maximum atomic E-state index is 12.8. The fourth-order valence-electron chi connectivity index (χ4n) is 3.79. The van der Waals surface area contributed by atoms with Gasteiger partial charge in [0.15, 0.2) is 5.82 Å². The lowest BCUT2D eigenvalue weighted by Crippen LogP contribution is -2.68. The second kappa shape index (κ2) is 7.02. The first-order valence-corrected chi connectivity index (χ1v) is 10.1. The van der Waals surface area contributed by atoms with E-state index >= 15 is 0 Å². The Hall–Kier alpha value is -2.17. The lowest BCUT2D eigenvalue weighted by atomic mass is 9.95. The van der Waals surface area contributed by atoms with Gasteiger partial charge < -0.3 is 15.5 Å². The van der Waals surface area contributed by atoms with Crippen molar-refractivity contribution >= 4 is 35.2 Å². The molecule has 1 aromatic carbocycles. The zero-order chi connectivity index (χ0) is 20.1. The number of carbonyl (C=O) groups excluding carboxylic acids is 2. The molecule has 2 aliphatic heterocycles. The van der Waals surface area contributed by atoms with Gasteiger partial charge in [0, 0.05) is 9.77 Å². The zero-order valence-corrected chi connectivity index (χ0v) is 17.1. The Labute approximate surface area is 171 Å². The van der Waals surface area contributed by atoms with E-state index < -0.39 is 12.1 Å². The lowest BCUT2D eigenvalue weighted by Gasteiger charge is -2.44. The number of likely N-dealkylation sites (N-methyl/N-ethyl adjacent to an activating group) is 1. The molecule has 2 aromatic rings. The number of aromatic amines is 1. The van der Waals surface area contributed by atoms with E-state index in [0.29, 0.717) is 10.8 Å². The average Bonchev–Trinajstić information content (AvgIpc) is 3.26. The van der Waals surface area contributed by atoms with E-state index in [0.717, 1.165) is 5.56 Å². The van der Waals surface area contributed by atoms with Crippen molar-refractivity contribution < 1.29 is 9.59 Å². The molecule has 28 heavy (non-hydrogen) atoms. The van der Waals surface area contributed by atoms with E-state index in [4.69, 9.17) is 11.6 Å². The Kier molecular flexibility index (Phi) is 4.80. The maximum Gasteiger partial charge on any atom is 0.249 e. The van der Waals surface area contributed by atoms with E-state index in [1.54, 1.807) is 48.0 Å². The van der Waals surface area contributed by atoms with Crippen LogP contribution in [0.2, 0.25) is 5.02 Å². The molecule has 3 unspecified atom stereocenters. The Balaban J connectivity index is 1.50. The number of fused-ring (bicyclic) bond motifs is 1. The number of aromatic nitrogens is 4. The summed E-state index contributed by atoms with van der Waals surface area (Å²) in [5.74, 6) is 0.0776. The number of amides is 2. The molecule has 4 rings (SSSR count). The average molecular weight is 422 g/mol. The molecule has 0 bridgehead atoms. The molecule has 2 fully saturated rings. The van der Waals surface area contributed by atoms with Crippen LogP contribution in [0.1, 0.15) is 37.3 Å². The molecule has 3 N–H and O–H groups in total. The molecular weight excluding hydrogens is 402 g/mol. The normalized spacial score (nSPS) is 26.5. The molecule has 11 heteroatoms. The van der Waals surface area contributed by atoms with Crippen LogP contribution in [-0.2, 0) is 9.59 Å². The maximum absolute atomic E-state index is 12.8. The van der Waals surface area contributed by atoms with Gasteiger partial charge in [-0.25, -0.2) is 0 Å². The first-order valence-electron chi connectivity index (χ1n) is 8.80. The number of nitrogens with one attached hydrogen (secondary N) is 3. The third-order valence-electron chi connectivity index (χ3n) is 5.10. The van der Waals surface area contributed by atoms with Gasteiger partial charge in [0.2, 0.25) is 11.8 Å². The molecule has 4 atom stereocenters. The highest BCUT2D eigenvalue weighted by atomic mass is 35.5. The summed E-state index contributed by atoms with van der Waals surface area (Å²) in [4.78, 5) is 27.4. The molecule has 9 nitrogen and oxygen atoms in total. The number of β-lactam (4-membered cyclic amide) rings is 1. The minimum absolute atomic E-state index is 0.141. The number of hydrogen-bond donors (Lipinski definition) is 3. The summed E-state index contributed by atoms with van der Waals surface area (Å²) in [5, 5.41) is 20.5. The molecule has 2 aliphatic rings. The topological polar surface area (TPSA) is 116 Å². The van der Waals surface area contributed by atoms with Crippen molar-refractivity contribution in [2.24, 2.45) is 0 Å². The van der Waals surface area contributed by atoms with Gasteiger partial charge in [0.25, 0.3) is 0 Å². The highest BCUT2D eigenvalue weighted by molar-refractivity contribution is 8.01. The highest BCUT2D eigenvalue weighted by Gasteiger charge is 2.63. The SMILES string of the molecule is CNC(C(=O)NC1C(=O)N2C(c3nn[nH]n3)C(C)(C)S[C@H]12)c1ccc(Cl)cc1. The third kappa shape index (κ3) is 3.05. The summed E-state index contributed by atoms with van der Waals surface area (Å²) in [7, 11) is 1.70. The predicted molar refractivity (Wildman–Crippen MR) is 104 cm³/mol. The number of nitrogens with zero attached hydrogens (tertiary/aromatic N) is 4. The molecular formula is C17H20ClN7O2S. The molecule has 0 aliphatic carbocycles. The predicted octanol–water partition coefficient (Wildman–Crippen LogP) is 1.03. The summed E-state index contributed by atoms with van der Waals surface area (Å²) in [5.41, 5.74) is 0.775. The van der Waals surface area contributed by atoms with Gasteiger partial charge in [-0.2, -0.15) is 5.21 Å². The Morgan fingerprint density at radius 2 is 2.07 bits per heavy atom. The van der Waals surface area contributed by atoms with Crippen LogP contribution in [0.3, 0.4) is 0 Å². The van der Waals surface area contributed by atoms with Gasteiger partial charge >= 0.3 is 0 Å². The number of carbonyl (C=O) groups is 2. The zero-order valence-electron chi connectivity index (χ0n) is 15.5. The first kappa shape index (κ1) is 19.2. The van der Waals surface area contributed by atoms with Gasteiger partial charge in [-0.3, -0.25) is 9.59 Å². The smallest absolute Gasteiger partial charge is 0.249 e. The number of tetrazole rings is 1. The minimum Gasteiger partial charge on any atom is -0.340 e. The van der Waals surface area contributed by atoms with E-state index in [9.17, 15) is 9.59 Å². The van der Waals surface area contributed by atoms with E-state index in [1.807, 2.05) is 13.8 Å². The summed E-state index contributed by atoms with van der Waals surface area (Å²) in [6, 6.07) is 5.59. The fourth-order valence-corrected chi connectivity index (χ4v) is 5.55. The lowest BCUT2D eigenvalue weighted by molar-refractivity contribution is -0.152. The number of halogens is 1. The quantitative estimate of drug-likeness (QED) is 0.617. The van der Waals surface area contributed by atoms with Crippen molar-refractivity contribution in [3.63, 3.8) is 0 Å². The minimum atomic E-state index is -0.586. The van der Waals surface area contributed by atoms with Crippen molar-refractivity contribution in [3.8, 4) is 0 Å². The number of rotatable bonds is 5. The summed E-state index contributed by atoms with van der Waals surface area (Å²) >= 11 is 7.55. The van der Waals surface area contributed by atoms with Gasteiger partial charge in [-0.05, 0) is 38.6 Å². The van der Waals surface area contributed by atoms with Crippen LogP contribution in [0.4, 0.5) is 0 Å². The number of H-pyrrole nitrogens is 1. The first-order chi connectivity index (χ1) is 13.3. The molecule has 2 saturated heterocycles. The van der Waals surface area contributed by atoms with Crippen LogP contribution < -0.4 is 10.6 Å². The standard InChI is InChI=1S/C17H20ClN7O2S/c1-17(2)12(13-21-23-24-22-13)25-15(27)11(16(25)28-17)20-14(26)10(19-3)8-4-6-9(18)7-5-8/h4-7,10-12,16,19H,1-3H3,(H,20,26)(H,21,22,23,24)/t10?,11?,12?,16-/m1/s1. The number of hydrogen-bond acceptors (Lipinski definition) is 7. The van der Waals surface area contributed by atoms with Crippen molar-refractivity contribution in [1.82, 2.24) is 36.2 Å². The van der Waals surface area contributed by atoms with Crippen molar-refractivity contribution in [2.75, 3.05) is 7.05 Å². The second-order valence-electron chi connectivity index (χ2n) is 7.29. The van der Waals surface area contributed by atoms with Gasteiger partial charge in [0.1, 0.15) is 23.5 Å². The second-order valence-corrected chi connectivity index (χ2v) is 9.50. The van der Waals surface area contributed by atoms with E-state index in [2.05, 4.69) is 31.3 Å². The molecule has 0 radical (unpaired) electrons.